The summed E-state index contributed by atoms with van der Waals surface area (Å²) >= 11 is 0. The summed E-state index contributed by atoms with van der Waals surface area (Å²) < 4.78 is 75.5. The van der Waals surface area contributed by atoms with Crippen molar-refractivity contribution in [3.05, 3.63) is 24.0 Å². The molecule has 0 spiro atoms. The Labute approximate surface area is 107 Å². The molecule has 0 heterocycles. The zero-order valence-electron chi connectivity index (χ0n) is 9.58. The molecule has 2 N–H and O–H groups in total. The van der Waals surface area contributed by atoms with Crippen molar-refractivity contribution in [2.45, 2.75) is 23.9 Å². The van der Waals surface area contributed by atoms with Gasteiger partial charge in [0.25, 0.3) is 0 Å². The Morgan fingerprint density at radius 2 is 1.89 bits per heavy atom. The van der Waals surface area contributed by atoms with Crippen LogP contribution in [0.25, 0.3) is 0 Å². The Hall–Kier alpha value is -1.35. The lowest BCUT2D eigenvalue weighted by atomic mass is 10.3. The van der Waals surface area contributed by atoms with Gasteiger partial charge in [0.05, 0.1) is 11.5 Å². The van der Waals surface area contributed by atoms with E-state index in [-0.39, 0.29) is 18.8 Å². The maximum Gasteiger partial charge on any atom is 0.389 e. The van der Waals surface area contributed by atoms with Gasteiger partial charge in [0.1, 0.15) is 0 Å². The van der Waals surface area contributed by atoms with E-state index in [2.05, 4.69) is 0 Å². The Morgan fingerprint density at radius 1 is 1.26 bits per heavy atom. The fourth-order valence-electron chi connectivity index (χ4n) is 1.23. The highest BCUT2D eigenvalue weighted by molar-refractivity contribution is 7.89. The molecule has 0 bridgehead atoms. The Bertz CT molecular complexity index is 542. The molecule has 0 radical (unpaired) electrons. The Kier molecular flexibility index (Phi) is 4.75. The highest BCUT2D eigenvalue weighted by Crippen LogP contribution is 2.23. The zero-order chi connectivity index (χ0) is 14.7. The minimum absolute atomic E-state index is 0.320. The summed E-state index contributed by atoms with van der Waals surface area (Å²) in [5.41, 5.74) is 0. The van der Waals surface area contributed by atoms with E-state index in [1.807, 2.05) is 0 Å². The van der Waals surface area contributed by atoms with E-state index in [1.54, 1.807) is 0 Å². The predicted molar refractivity (Wildman–Crippen MR) is 58.6 cm³/mol. The number of rotatable bonds is 5. The normalized spacial score (nSPS) is 12.5. The van der Waals surface area contributed by atoms with Gasteiger partial charge in [-0.05, 0) is 24.6 Å². The first-order valence-electron chi connectivity index (χ1n) is 5.11. The van der Waals surface area contributed by atoms with Crippen molar-refractivity contribution < 1.29 is 30.7 Å². The second kappa shape index (κ2) is 5.74. The average Bonchev–Trinajstić information content (AvgIpc) is 2.23. The van der Waals surface area contributed by atoms with E-state index in [4.69, 9.17) is 9.88 Å². The van der Waals surface area contributed by atoms with Crippen LogP contribution >= 0.6 is 0 Å². The van der Waals surface area contributed by atoms with Crippen molar-refractivity contribution in [2.24, 2.45) is 5.14 Å². The molecular formula is C10H11F4NO3S. The molecule has 1 rings (SSSR count). The predicted octanol–water partition coefficient (Wildman–Crippen LogP) is 2.19. The molecule has 0 aliphatic carbocycles. The van der Waals surface area contributed by atoms with Crippen LogP contribution in [0.15, 0.2) is 23.1 Å². The summed E-state index contributed by atoms with van der Waals surface area (Å²) in [6.45, 7) is -0.328. The monoisotopic (exact) mass is 301 g/mol. The molecule has 0 unspecified atom stereocenters. The van der Waals surface area contributed by atoms with Crippen LogP contribution in [0.3, 0.4) is 0 Å². The highest BCUT2D eigenvalue weighted by atomic mass is 32.2. The van der Waals surface area contributed by atoms with Gasteiger partial charge in [-0.3, -0.25) is 0 Å². The van der Waals surface area contributed by atoms with Gasteiger partial charge < -0.3 is 4.74 Å². The maximum absolute atomic E-state index is 13.4. The van der Waals surface area contributed by atoms with Gasteiger partial charge in [0.2, 0.25) is 10.0 Å². The first-order chi connectivity index (χ1) is 8.59. The third-order valence-electron chi connectivity index (χ3n) is 2.09. The van der Waals surface area contributed by atoms with Gasteiger partial charge in [-0.25, -0.2) is 17.9 Å². The van der Waals surface area contributed by atoms with Gasteiger partial charge >= 0.3 is 6.18 Å². The van der Waals surface area contributed by atoms with Crippen LogP contribution in [0.1, 0.15) is 12.8 Å². The van der Waals surface area contributed by atoms with Crippen LogP contribution in [0.4, 0.5) is 17.6 Å². The van der Waals surface area contributed by atoms with Crippen molar-refractivity contribution in [3.63, 3.8) is 0 Å². The van der Waals surface area contributed by atoms with Crippen LogP contribution in [-0.4, -0.2) is 21.2 Å². The van der Waals surface area contributed by atoms with Crippen LogP contribution in [0.5, 0.6) is 5.75 Å². The molecule has 0 saturated heterocycles. The largest absolute Gasteiger partial charge is 0.491 e. The summed E-state index contributed by atoms with van der Waals surface area (Å²) in [7, 11) is -4.03. The summed E-state index contributed by atoms with van der Waals surface area (Å²) in [5.74, 6) is -1.33. The lowest BCUT2D eigenvalue weighted by Crippen LogP contribution is -2.13. The minimum atomic E-state index is -4.29. The van der Waals surface area contributed by atoms with Gasteiger partial charge in [0.15, 0.2) is 11.6 Å². The van der Waals surface area contributed by atoms with Gasteiger partial charge in [-0.15, -0.1) is 0 Å². The molecule has 1 aromatic carbocycles. The SMILES string of the molecule is NS(=O)(=O)c1ccc(OCCCC(F)(F)F)c(F)c1. The number of sulfonamides is 1. The molecular weight excluding hydrogens is 290 g/mol. The molecule has 9 heteroatoms. The van der Waals surface area contributed by atoms with Gasteiger partial charge in [0, 0.05) is 6.42 Å². The molecule has 0 saturated carbocycles. The number of benzene rings is 1. The molecule has 108 valence electrons. The number of primary sulfonamides is 1. The fraction of sp³-hybridized carbons (Fsp3) is 0.400. The number of halogens is 4. The second-order valence-electron chi connectivity index (χ2n) is 3.70. The Balaban J connectivity index is 2.61. The topological polar surface area (TPSA) is 69.4 Å². The number of hydrogen-bond donors (Lipinski definition) is 1. The zero-order valence-corrected chi connectivity index (χ0v) is 10.4. The van der Waals surface area contributed by atoms with Gasteiger partial charge in [-0.2, -0.15) is 13.2 Å². The molecule has 0 amide bonds. The summed E-state index contributed by atoms with van der Waals surface area (Å²) in [6, 6.07) is 2.66. The van der Waals surface area contributed by atoms with E-state index in [0.717, 1.165) is 12.1 Å². The molecule has 0 fully saturated rings. The van der Waals surface area contributed by atoms with Crippen LogP contribution in [0.2, 0.25) is 0 Å². The number of hydrogen-bond acceptors (Lipinski definition) is 3. The van der Waals surface area contributed by atoms with E-state index in [9.17, 15) is 26.0 Å². The Morgan fingerprint density at radius 3 is 2.37 bits per heavy atom. The quantitative estimate of drug-likeness (QED) is 0.669. The summed E-state index contributed by atoms with van der Waals surface area (Å²) in [4.78, 5) is -0.437. The standard InChI is InChI=1S/C10H11F4NO3S/c11-8-6-7(19(15,16)17)2-3-9(8)18-5-1-4-10(12,13)14/h2-3,6H,1,4-5H2,(H2,15,16,17). The van der Waals surface area contributed by atoms with Crippen molar-refractivity contribution in [1.82, 2.24) is 0 Å². The van der Waals surface area contributed by atoms with Crippen molar-refractivity contribution >= 4 is 10.0 Å². The highest BCUT2D eigenvalue weighted by Gasteiger charge is 2.26. The third-order valence-corrected chi connectivity index (χ3v) is 3.01. The lowest BCUT2D eigenvalue weighted by molar-refractivity contribution is -0.136. The molecule has 4 nitrogen and oxygen atoms in total. The fourth-order valence-corrected chi connectivity index (χ4v) is 1.76. The molecule has 0 aliphatic heterocycles. The van der Waals surface area contributed by atoms with E-state index in [1.165, 1.54) is 0 Å². The van der Waals surface area contributed by atoms with E-state index >= 15 is 0 Å². The van der Waals surface area contributed by atoms with Crippen LogP contribution in [0, 0.1) is 5.82 Å². The van der Waals surface area contributed by atoms with Crippen molar-refractivity contribution in [2.75, 3.05) is 6.61 Å². The summed E-state index contributed by atoms with van der Waals surface area (Å²) in [6.07, 6.45) is -5.65. The minimum Gasteiger partial charge on any atom is -0.491 e. The lowest BCUT2D eigenvalue weighted by Gasteiger charge is -2.09. The van der Waals surface area contributed by atoms with Crippen LogP contribution < -0.4 is 9.88 Å². The number of nitrogens with two attached hydrogens (primary N) is 1. The average molecular weight is 301 g/mol. The number of alkyl halides is 3. The number of ether oxygens (including phenoxy) is 1. The molecule has 0 atom stereocenters. The second-order valence-corrected chi connectivity index (χ2v) is 5.27. The van der Waals surface area contributed by atoms with E-state index in [0.29, 0.717) is 6.07 Å². The first-order valence-corrected chi connectivity index (χ1v) is 6.66. The summed E-state index contributed by atoms with van der Waals surface area (Å²) in [5, 5.41) is 4.78. The molecule has 19 heavy (non-hydrogen) atoms. The molecule has 0 aliphatic rings. The van der Waals surface area contributed by atoms with Gasteiger partial charge in [-0.1, -0.05) is 0 Å². The van der Waals surface area contributed by atoms with Crippen molar-refractivity contribution in [1.29, 1.82) is 0 Å². The smallest absolute Gasteiger partial charge is 0.389 e. The van der Waals surface area contributed by atoms with Crippen LogP contribution in [-0.2, 0) is 10.0 Å². The maximum atomic E-state index is 13.4. The van der Waals surface area contributed by atoms with E-state index < -0.39 is 33.3 Å². The molecule has 0 aromatic heterocycles. The van der Waals surface area contributed by atoms with Crippen molar-refractivity contribution in [3.8, 4) is 5.75 Å². The first kappa shape index (κ1) is 15.7. The third kappa shape index (κ3) is 5.43. The molecule has 1 aromatic rings.